The maximum atomic E-state index is 12.5. The van der Waals surface area contributed by atoms with Gasteiger partial charge in [0.1, 0.15) is 17.8 Å². The van der Waals surface area contributed by atoms with Crippen LogP contribution in [0.5, 0.6) is 0 Å². The molecular weight excluding hydrogens is 362 g/mol. The van der Waals surface area contributed by atoms with Gasteiger partial charge >= 0.3 is 0 Å². The van der Waals surface area contributed by atoms with Gasteiger partial charge in [-0.2, -0.15) is 0 Å². The van der Waals surface area contributed by atoms with Crippen LogP contribution in [0.3, 0.4) is 0 Å². The number of carbonyl (C=O) groups excluding carboxylic acids is 1. The number of amides is 1. The summed E-state index contributed by atoms with van der Waals surface area (Å²) in [5.41, 5.74) is 5.02. The van der Waals surface area contributed by atoms with Gasteiger partial charge in [-0.3, -0.25) is 4.79 Å². The third-order valence-electron chi connectivity index (χ3n) is 4.85. The number of H-pyrrole nitrogens is 1. The number of aromatic nitrogens is 3. The summed E-state index contributed by atoms with van der Waals surface area (Å²) < 4.78 is 0. The molecule has 0 aliphatic heterocycles. The van der Waals surface area contributed by atoms with Crippen LogP contribution in [0.25, 0.3) is 10.9 Å². The van der Waals surface area contributed by atoms with E-state index in [1.165, 1.54) is 22.8 Å². The van der Waals surface area contributed by atoms with Gasteiger partial charge in [0, 0.05) is 36.3 Å². The van der Waals surface area contributed by atoms with E-state index in [0.717, 1.165) is 17.5 Å². The molecule has 2 aromatic carbocycles. The lowest BCUT2D eigenvalue weighted by Crippen LogP contribution is -2.26. The maximum absolute atomic E-state index is 12.5. The van der Waals surface area contributed by atoms with Crippen molar-refractivity contribution in [3.8, 4) is 0 Å². The van der Waals surface area contributed by atoms with Crippen molar-refractivity contribution >= 4 is 22.6 Å². The molecular formula is C23H23N5O. The smallest absolute Gasteiger partial charge is 0.270 e. The summed E-state index contributed by atoms with van der Waals surface area (Å²) in [4.78, 5) is 24.0. The van der Waals surface area contributed by atoms with Crippen LogP contribution in [0.1, 0.15) is 27.2 Å². The van der Waals surface area contributed by atoms with Crippen LogP contribution in [-0.2, 0) is 13.0 Å². The van der Waals surface area contributed by atoms with Crippen LogP contribution < -0.4 is 10.6 Å². The number of aryl methyl sites for hydroxylation is 1. The number of nitrogens with zero attached hydrogens (tertiary/aromatic N) is 2. The largest absolute Gasteiger partial charge is 0.366 e. The second kappa shape index (κ2) is 8.56. The van der Waals surface area contributed by atoms with Crippen molar-refractivity contribution < 1.29 is 4.79 Å². The molecule has 0 bridgehead atoms. The maximum Gasteiger partial charge on any atom is 0.270 e. The van der Waals surface area contributed by atoms with Crippen molar-refractivity contribution in [3.63, 3.8) is 0 Å². The van der Waals surface area contributed by atoms with Gasteiger partial charge in [-0.15, -0.1) is 0 Å². The molecule has 0 saturated carbocycles. The summed E-state index contributed by atoms with van der Waals surface area (Å²) in [6.45, 7) is 3.24. The van der Waals surface area contributed by atoms with Crippen molar-refractivity contribution in [2.45, 2.75) is 19.9 Å². The summed E-state index contributed by atoms with van der Waals surface area (Å²) in [6, 6.07) is 18.1. The van der Waals surface area contributed by atoms with E-state index in [4.69, 9.17) is 0 Å². The van der Waals surface area contributed by atoms with Gasteiger partial charge in [-0.05, 0) is 30.5 Å². The summed E-state index contributed by atoms with van der Waals surface area (Å²) in [7, 11) is 0. The van der Waals surface area contributed by atoms with Crippen molar-refractivity contribution in [3.05, 3.63) is 89.5 Å². The van der Waals surface area contributed by atoms with Gasteiger partial charge in [0.05, 0.1) is 0 Å². The van der Waals surface area contributed by atoms with E-state index in [2.05, 4.69) is 62.8 Å². The second-order valence-electron chi connectivity index (χ2n) is 6.99. The Bertz CT molecular complexity index is 1120. The molecule has 0 aliphatic carbocycles. The average Bonchev–Trinajstić information content (AvgIpc) is 3.17. The molecule has 146 valence electrons. The molecule has 3 N–H and O–H groups in total. The van der Waals surface area contributed by atoms with Crippen molar-refractivity contribution in [2.24, 2.45) is 0 Å². The number of anilines is 1. The SMILES string of the molecule is Cc1ccc(CNc2cc(C(=O)NCCc3c[nH]c4ccccc34)ncn2)cc1. The van der Waals surface area contributed by atoms with Crippen molar-refractivity contribution in [1.29, 1.82) is 0 Å². The molecule has 0 unspecified atom stereocenters. The molecule has 0 atom stereocenters. The molecule has 4 aromatic rings. The first kappa shape index (κ1) is 18.7. The molecule has 2 aromatic heterocycles. The minimum Gasteiger partial charge on any atom is -0.366 e. The lowest BCUT2D eigenvalue weighted by atomic mass is 10.1. The molecule has 0 spiro atoms. The minimum atomic E-state index is -0.203. The molecule has 0 aliphatic rings. The first-order chi connectivity index (χ1) is 14.2. The number of carbonyl (C=O) groups is 1. The monoisotopic (exact) mass is 385 g/mol. The van der Waals surface area contributed by atoms with E-state index in [1.807, 2.05) is 24.4 Å². The number of rotatable bonds is 7. The predicted octanol–water partition coefficient (Wildman–Crippen LogP) is 3.85. The third-order valence-corrected chi connectivity index (χ3v) is 4.85. The fourth-order valence-corrected chi connectivity index (χ4v) is 3.22. The molecule has 1 amide bonds. The highest BCUT2D eigenvalue weighted by Crippen LogP contribution is 2.17. The highest BCUT2D eigenvalue weighted by molar-refractivity contribution is 5.92. The van der Waals surface area contributed by atoms with Crippen LogP contribution in [0.15, 0.2) is 67.1 Å². The first-order valence-corrected chi connectivity index (χ1v) is 9.64. The molecule has 0 fully saturated rings. The summed E-state index contributed by atoms with van der Waals surface area (Å²) >= 11 is 0. The quantitative estimate of drug-likeness (QED) is 0.451. The van der Waals surface area contributed by atoms with E-state index < -0.39 is 0 Å². The number of hydrogen-bond acceptors (Lipinski definition) is 4. The molecule has 2 heterocycles. The summed E-state index contributed by atoms with van der Waals surface area (Å²) in [5, 5.41) is 7.36. The fraction of sp³-hybridized carbons (Fsp3) is 0.174. The standard InChI is InChI=1S/C23H23N5O/c1-16-6-8-17(9-7-16)13-26-22-12-21(27-15-28-22)23(29)24-11-10-18-14-25-20-5-3-2-4-19(18)20/h2-9,12,14-15,25H,10-11,13H2,1H3,(H,24,29)(H,26,27,28). The average molecular weight is 385 g/mol. The van der Waals surface area contributed by atoms with E-state index in [0.29, 0.717) is 24.6 Å². The Morgan fingerprint density at radius 2 is 1.90 bits per heavy atom. The topological polar surface area (TPSA) is 82.7 Å². The zero-order chi connectivity index (χ0) is 20.1. The van der Waals surface area contributed by atoms with E-state index in [-0.39, 0.29) is 5.91 Å². The third kappa shape index (κ3) is 4.60. The number of nitrogens with one attached hydrogen (secondary N) is 3. The molecule has 0 radical (unpaired) electrons. The Kier molecular flexibility index (Phi) is 5.52. The van der Waals surface area contributed by atoms with E-state index in [1.54, 1.807) is 6.07 Å². The molecule has 6 nitrogen and oxygen atoms in total. The van der Waals surface area contributed by atoms with Crippen LogP contribution in [0, 0.1) is 6.92 Å². The lowest BCUT2D eigenvalue weighted by molar-refractivity contribution is 0.0949. The van der Waals surface area contributed by atoms with Gasteiger partial charge in [0.15, 0.2) is 0 Å². The normalized spacial score (nSPS) is 10.8. The predicted molar refractivity (Wildman–Crippen MR) is 115 cm³/mol. The number of para-hydroxylation sites is 1. The number of hydrogen-bond donors (Lipinski definition) is 3. The fourth-order valence-electron chi connectivity index (χ4n) is 3.22. The van der Waals surface area contributed by atoms with Gasteiger partial charge in [-0.1, -0.05) is 48.0 Å². The van der Waals surface area contributed by atoms with E-state index in [9.17, 15) is 4.79 Å². The van der Waals surface area contributed by atoms with Crippen molar-refractivity contribution in [1.82, 2.24) is 20.3 Å². The Morgan fingerprint density at radius 1 is 1.07 bits per heavy atom. The number of benzene rings is 2. The van der Waals surface area contributed by atoms with E-state index >= 15 is 0 Å². The summed E-state index contributed by atoms with van der Waals surface area (Å²) in [5.74, 6) is 0.424. The Balaban J connectivity index is 1.32. The zero-order valence-corrected chi connectivity index (χ0v) is 16.3. The van der Waals surface area contributed by atoms with Crippen LogP contribution in [-0.4, -0.2) is 27.4 Å². The summed E-state index contributed by atoms with van der Waals surface area (Å²) in [6.07, 6.45) is 4.15. The number of aromatic amines is 1. The Labute approximate surface area is 169 Å². The second-order valence-corrected chi connectivity index (χ2v) is 6.99. The van der Waals surface area contributed by atoms with Gasteiger partial charge in [0.25, 0.3) is 5.91 Å². The van der Waals surface area contributed by atoms with Crippen molar-refractivity contribution in [2.75, 3.05) is 11.9 Å². The minimum absolute atomic E-state index is 0.203. The zero-order valence-electron chi connectivity index (χ0n) is 16.3. The molecule has 29 heavy (non-hydrogen) atoms. The molecule has 0 saturated heterocycles. The van der Waals surface area contributed by atoms with Gasteiger partial charge in [-0.25, -0.2) is 9.97 Å². The van der Waals surface area contributed by atoms with Crippen LogP contribution >= 0.6 is 0 Å². The molecule has 4 rings (SSSR count). The Hall–Kier alpha value is -3.67. The lowest BCUT2D eigenvalue weighted by Gasteiger charge is -2.08. The highest BCUT2D eigenvalue weighted by Gasteiger charge is 2.09. The van der Waals surface area contributed by atoms with Crippen LogP contribution in [0.2, 0.25) is 0 Å². The van der Waals surface area contributed by atoms with Gasteiger partial charge in [0.2, 0.25) is 0 Å². The van der Waals surface area contributed by atoms with Crippen LogP contribution in [0.4, 0.5) is 5.82 Å². The number of fused-ring (bicyclic) bond motifs is 1. The highest BCUT2D eigenvalue weighted by atomic mass is 16.1. The first-order valence-electron chi connectivity index (χ1n) is 9.64. The van der Waals surface area contributed by atoms with Gasteiger partial charge < -0.3 is 15.6 Å². The molecule has 6 heteroatoms. The Morgan fingerprint density at radius 3 is 2.76 bits per heavy atom.